The molecule has 1 amide bonds. The molecule has 1 aliphatic rings. The smallest absolute Gasteiger partial charge is 0.281 e. The SMILES string of the molecule is COc1ccc(/C=C2/NC(=S)N(c3cn(C)nc3C)C2=O)cc1COc1ccc(-c2ccccc2)cc1. The summed E-state index contributed by atoms with van der Waals surface area (Å²) in [6.07, 6.45) is 3.55. The van der Waals surface area contributed by atoms with E-state index in [1.54, 1.807) is 24.1 Å². The molecule has 186 valence electrons. The topological polar surface area (TPSA) is 68.6 Å². The molecule has 0 aliphatic carbocycles. The van der Waals surface area contributed by atoms with Crippen LogP contribution in [0.4, 0.5) is 5.69 Å². The molecule has 1 saturated heterocycles. The summed E-state index contributed by atoms with van der Waals surface area (Å²) in [7, 11) is 3.43. The van der Waals surface area contributed by atoms with Crippen LogP contribution in [0, 0.1) is 6.92 Å². The number of anilines is 1. The molecule has 1 aliphatic heterocycles. The Morgan fingerprint density at radius 1 is 1.03 bits per heavy atom. The first kappa shape index (κ1) is 24.3. The van der Waals surface area contributed by atoms with Gasteiger partial charge in [0.1, 0.15) is 23.8 Å². The fourth-order valence-corrected chi connectivity index (χ4v) is 4.55. The molecule has 4 aromatic rings. The summed E-state index contributed by atoms with van der Waals surface area (Å²) in [5.41, 5.74) is 5.74. The number of aromatic nitrogens is 2. The molecular weight excluding hydrogens is 484 g/mol. The van der Waals surface area contributed by atoms with Gasteiger partial charge in [-0.25, -0.2) is 4.90 Å². The van der Waals surface area contributed by atoms with Gasteiger partial charge in [0.2, 0.25) is 0 Å². The Hall–Kier alpha value is -4.43. The summed E-state index contributed by atoms with van der Waals surface area (Å²) in [6, 6.07) is 23.9. The molecule has 7 nitrogen and oxygen atoms in total. The van der Waals surface area contributed by atoms with Crippen molar-refractivity contribution in [2.75, 3.05) is 12.0 Å². The zero-order chi connectivity index (χ0) is 25.9. The predicted octanol–water partition coefficient (Wildman–Crippen LogP) is 5.25. The van der Waals surface area contributed by atoms with E-state index in [9.17, 15) is 4.79 Å². The van der Waals surface area contributed by atoms with Crippen LogP contribution in [0.1, 0.15) is 16.8 Å². The van der Waals surface area contributed by atoms with Crippen molar-refractivity contribution >= 4 is 35.0 Å². The van der Waals surface area contributed by atoms with Gasteiger partial charge in [-0.3, -0.25) is 9.48 Å². The van der Waals surface area contributed by atoms with Crippen LogP contribution in [-0.4, -0.2) is 27.9 Å². The fraction of sp³-hybridized carbons (Fsp3) is 0.138. The van der Waals surface area contributed by atoms with Crippen LogP contribution >= 0.6 is 12.2 Å². The minimum absolute atomic E-state index is 0.228. The number of nitrogens with one attached hydrogen (secondary N) is 1. The first-order valence-corrected chi connectivity index (χ1v) is 12.2. The average molecular weight is 511 g/mol. The van der Waals surface area contributed by atoms with E-state index in [4.69, 9.17) is 21.7 Å². The van der Waals surface area contributed by atoms with E-state index in [2.05, 4.69) is 22.5 Å². The second kappa shape index (κ2) is 10.3. The molecule has 0 radical (unpaired) electrons. The normalized spacial score (nSPS) is 14.2. The van der Waals surface area contributed by atoms with Gasteiger partial charge in [0, 0.05) is 18.8 Å². The average Bonchev–Trinajstić information content (AvgIpc) is 3.38. The highest BCUT2D eigenvalue weighted by Crippen LogP contribution is 2.28. The number of rotatable bonds is 7. The maximum atomic E-state index is 13.2. The summed E-state index contributed by atoms with van der Waals surface area (Å²) < 4.78 is 13.3. The molecule has 2 heterocycles. The lowest BCUT2D eigenvalue weighted by molar-refractivity contribution is -0.113. The van der Waals surface area contributed by atoms with Gasteiger partial charge < -0.3 is 14.8 Å². The van der Waals surface area contributed by atoms with Crippen LogP contribution in [0.2, 0.25) is 0 Å². The number of ether oxygens (including phenoxy) is 2. The predicted molar refractivity (Wildman–Crippen MR) is 148 cm³/mol. The summed E-state index contributed by atoms with van der Waals surface area (Å²) in [6.45, 7) is 2.16. The van der Waals surface area contributed by atoms with Crippen LogP contribution < -0.4 is 19.7 Å². The number of benzene rings is 3. The molecule has 1 N–H and O–H groups in total. The van der Waals surface area contributed by atoms with Gasteiger partial charge in [0.15, 0.2) is 5.11 Å². The van der Waals surface area contributed by atoms with Gasteiger partial charge >= 0.3 is 0 Å². The Labute approximate surface area is 220 Å². The molecule has 3 aromatic carbocycles. The molecule has 0 unspecified atom stereocenters. The number of hydrogen-bond donors (Lipinski definition) is 1. The third-order valence-corrected chi connectivity index (χ3v) is 6.36. The van der Waals surface area contributed by atoms with E-state index in [-0.39, 0.29) is 5.91 Å². The molecule has 37 heavy (non-hydrogen) atoms. The van der Waals surface area contributed by atoms with Crippen molar-refractivity contribution < 1.29 is 14.3 Å². The number of amides is 1. The van der Waals surface area contributed by atoms with Crippen LogP contribution in [0.25, 0.3) is 17.2 Å². The fourth-order valence-electron chi connectivity index (χ4n) is 4.26. The van der Waals surface area contributed by atoms with E-state index in [1.165, 1.54) is 4.90 Å². The van der Waals surface area contributed by atoms with Crippen LogP contribution in [0.5, 0.6) is 11.5 Å². The first-order valence-electron chi connectivity index (χ1n) is 11.8. The number of methoxy groups -OCH3 is 1. The molecule has 0 atom stereocenters. The highest BCUT2D eigenvalue weighted by Gasteiger charge is 2.33. The van der Waals surface area contributed by atoms with Crippen molar-refractivity contribution in [1.82, 2.24) is 15.1 Å². The van der Waals surface area contributed by atoms with Gasteiger partial charge in [-0.1, -0.05) is 48.5 Å². The number of hydrogen-bond acceptors (Lipinski definition) is 5. The third kappa shape index (κ3) is 5.10. The molecular formula is C29H26N4O3S. The largest absolute Gasteiger partial charge is 0.496 e. The Kier molecular flexibility index (Phi) is 6.74. The van der Waals surface area contributed by atoms with Crippen molar-refractivity contribution in [3.63, 3.8) is 0 Å². The van der Waals surface area contributed by atoms with E-state index in [0.717, 1.165) is 33.7 Å². The van der Waals surface area contributed by atoms with Crippen molar-refractivity contribution in [1.29, 1.82) is 0 Å². The van der Waals surface area contributed by atoms with Crippen LogP contribution in [0.3, 0.4) is 0 Å². The Morgan fingerprint density at radius 2 is 1.76 bits per heavy atom. The summed E-state index contributed by atoms with van der Waals surface area (Å²) in [4.78, 5) is 14.6. The van der Waals surface area contributed by atoms with Gasteiger partial charge in [-0.2, -0.15) is 5.10 Å². The highest BCUT2D eigenvalue weighted by atomic mass is 32.1. The Balaban J connectivity index is 1.33. The van der Waals surface area contributed by atoms with E-state index in [1.807, 2.05) is 74.6 Å². The number of thiocarbonyl (C=S) groups is 1. The molecule has 8 heteroatoms. The van der Waals surface area contributed by atoms with Gasteiger partial charge in [0.05, 0.1) is 18.5 Å². The number of nitrogens with zero attached hydrogens (tertiary/aromatic N) is 3. The van der Waals surface area contributed by atoms with E-state index in [0.29, 0.717) is 28.9 Å². The number of aryl methyl sites for hydroxylation is 2. The molecule has 1 fully saturated rings. The minimum Gasteiger partial charge on any atom is -0.496 e. The Morgan fingerprint density at radius 3 is 2.43 bits per heavy atom. The summed E-state index contributed by atoms with van der Waals surface area (Å²) in [5, 5.41) is 7.67. The lowest BCUT2D eigenvalue weighted by Gasteiger charge is -2.12. The Bertz CT molecular complexity index is 1490. The summed E-state index contributed by atoms with van der Waals surface area (Å²) in [5.74, 6) is 1.23. The lowest BCUT2D eigenvalue weighted by Crippen LogP contribution is -2.30. The molecule has 0 saturated carbocycles. The van der Waals surface area contributed by atoms with E-state index >= 15 is 0 Å². The lowest BCUT2D eigenvalue weighted by atomic mass is 10.1. The molecule has 0 bridgehead atoms. The molecule has 0 spiro atoms. The quantitative estimate of drug-likeness (QED) is 0.271. The van der Waals surface area contributed by atoms with Crippen molar-refractivity contribution in [2.24, 2.45) is 7.05 Å². The highest BCUT2D eigenvalue weighted by molar-refractivity contribution is 7.80. The second-order valence-corrected chi connectivity index (χ2v) is 9.04. The van der Waals surface area contributed by atoms with Crippen LogP contribution in [-0.2, 0) is 18.4 Å². The van der Waals surface area contributed by atoms with Crippen LogP contribution in [0.15, 0.2) is 84.7 Å². The maximum absolute atomic E-state index is 13.2. The third-order valence-electron chi connectivity index (χ3n) is 6.08. The number of carbonyl (C=O) groups is 1. The van der Waals surface area contributed by atoms with Crippen molar-refractivity contribution in [2.45, 2.75) is 13.5 Å². The van der Waals surface area contributed by atoms with Gasteiger partial charge in [-0.15, -0.1) is 0 Å². The van der Waals surface area contributed by atoms with Gasteiger partial charge in [-0.05, 0) is 66.2 Å². The van der Waals surface area contributed by atoms with Crippen molar-refractivity contribution in [3.8, 4) is 22.6 Å². The minimum atomic E-state index is -0.228. The zero-order valence-electron chi connectivity index (χ0n) is 20.8. The maximum Gasteiger partial charge on any atom is 0.281 e. The second-order valence-electron chi connectivity index (χ2n) is 8.65. The summed E-state index contributed by atoms with van der Waals surface area (Å²) >= 11 is 5.44. The molecule has 5 rings (SSSR count). The van der Waals surface area contributed by atoms with Crippen molar-refractivity contribution in [3.05, 3.63) is 102 Å². The zero-order valence-corrected chi connectivity index (χ0v) is 21.6. The molecule has 1 aromatic heterocycles. The van der Waals surface area contributed by atoms with E-state index < -0.39 is 0 Å². The van der Waals surface area contributed by atoms with Gasteiger partial charge in [0.25, 0.3) is 5.91 Å². The number of carbonyl (C=O) groups excluding carboxylic acids is 1. The standard InChI is InChI=1S/C29H26N4O3S/c1-19-26(17-32(2)31-19)33-28(34)25(30-29(33)37)16-20-9-14-27(35-3)23(15-20)18-36-24-12-10-22(11-13-24)21-7-5-4-6-8-21/h4-17H,18H2,1-3H3,(H,30,37)/b25-16+. The first-order chi connectivity index (χ1) is 17.9. The monoisotopic (exact) mass is 510 g/mol.